The van der Waals surface area contributed by atoms with Crippen molar-refractivity contribution in [1.82, 2.24) is 4.98 Å². The van der Waals surface area contributed by atoms with Crippen LogP contribution in [-0.4, -0.2) is 38.3 Å². The second-order valence-electron chi connectivity index (χ2n) is 3.30. The van der Waals surface area contributed by atoms with Crippen LogP contribution in [0.1, 0.15) is 0 Å². The van der Waals surface area contributed by atoms with Crippen molar-refractivity contribution in [2.45, 2.75) is 0 Å². The quantitative estimate of drug-likeness (QED) is 0.776. The molecule has 2 rings (SSSR count). The fourth-order valence-corrected chi connectivity index (χ4v) is 1.68. The summed E-state index contributed by atoms with van der Waals surface area (Å²) in [7, 11) is 1.73. The van der Waals surface area contributed by atoms with Crippen LogP contribution < -0.4 is 10.2 Å². The van der Waals surface area contributed by atoms with Crippen LogP contribution in [0.5, 0.6) is 0 Å². The average Bonchev–Trinajstić information content (AvgIpc) is 2.26. The van der Waals surface area contributed by atoms with E-state index in [1.54, 1.807) is 7.11 Å². The van der Waals surface area contributed by atoms with Crippen LogP contribution in [0.25, 0.3) is 0 Å². The minimum atomic E-state index is 0.766. The van der Waals surface area contributed by atoms with E-state index in [2.05, 4.69) is 15.2 Å². The van der Waals surface area contributed by atoms with Gasteiger partial charge in [0.1, 0.15) is 0 Å². The lowest BCUT2D eigenvalue weighted by Crippen LogP contribution is -2.36. The standard InChI is InChI=1S/C10H15N3O/c1-14-7-6-13-5-4-12-9-8-11-3-2-10(9)13/h2-3,8,12H,4-7H2,1H3. The lowest BCUT2D eigenvalue weighted by Gasteiger charge is -2.31. The summed E-state index contributed by atoms with van der Waals surface area (Å²) in [5.41, 5.74) is 2.35. The fourth-order valence-electron chi connectivity index (χ4n) is 1.68. The zero-order valence-electron chi connectivity index (χ0n) is 8.36. The molecule has 4 heteroatoms. The molecule has 1 N–H and O–H groups in total. The number of rotatable bonds is 3. The molecule has 1 aliphatic heterocycles. The Morgan fingerprint density at radius 3 is 3.43 bits per heavy atom. The highest BCUT2D eigenvalue weighted by Crippen LogP contribution is 2.26. The lowest BCUT2D eigenvalue weighted by atomic mass is 10.2. The van der Waals surface area contributed by atoms with Crippen molar-refractivity contribution < 1.29 is 4.74 Å². The Labute approximate surface area is 83.9 Å². The summed E-state index contributed by atoms with van der Waals surface area (Å²) in [4.78, 5) is 6.41. The maximum Gasteiger partial charge on any atom is 0.0765 e. The van der Waals surface area contributed by atoms with Crippen molar-refractivity contribution in [1.29, 1.82) is 0 Å². The Morgan fingerprint density at radius 2 is 2.57 bits per heavy atom. The number of methoxy groups -OCH3 is 1. The number of fused-ring (bicyclic) bond motifs is 1. The van der Waals surface area contributed by atoms with Gasteiger partial charge in [0, 0.05) is 32.9 Å². The van der Waals surface area contributed by atoms with Gasteiger partial charge in [-0.15, -0.1) is 0 Å². The van der Waals surface area contributed by atoms with Gasteiger partial charge in [0.2, 0.25) is 0 Å². The molecule has 0 radical (unpaired) electrons. The van der Waals surface area contributed by atoms with Gasteiger partial charge in [0.15, 0.2) is 0 Å². The summed E-state index contributed by atoms with van der Waals surface area (Å²) in [5, 5.41) is 3.32. The zero-order chi connectivity index (χ0) is 9.80. The van der Waals surface area contributed by atoms with E-state index in [0.717, 1.165) is 31.9 Å². The Bertz CT molecular complexity index is 303. The Balaban J connectivity index is 2.14. The van der Waals surface area contributed by atoms with Gasteiger partial charge in [-0.2, -0.15) is 0 Å². The van der Waals surface area contributed by atoms with Crippen molar-refractivity contribution in [3.63, 3.8) is 0 Å². The molecule has 0 saturated heterocycles. The molecule has 2 heterocycles. The number of ether oxygens (including phenoxy) is 1. The molecule has 0 spiro atoms. The maximum atomic E-state index is 5.08. The molecule has 14 heavy (non-hydrogen) atoms. The first kappa shape index (κ1) is 9.27. The number of aromatic nitrogens is 1. The first-order valence-electron chi connectivity index (χ1n) is 4.83. The number of nitrogens with one attached hydrogen (secondary N) is 1. The minimum Gasteiger partial charge on any atom is -0.383 e. The smallest absolute Gasteiger partial charge is 0.0765 e. The Hall–Kier alpha value is -1.29. The third kappa shape index (κ3) is 1.80. The van der Waals surface area contributed by atoms with E-state index in [-0.39, 0.29) is 0 Å². The van der Waals surface area contributed by atoms with Gasteiger partial charge in [-0.05, 0) is 6.07 Å². The zero-order valence-corrected chi connectivity index (χ0v) is 8.36. The fraction of sp³-hybridized carbons (Fsp3) is 0.500. The molecule has 0 aliphatic carbocycles. The molecule has 76 valence electrons. The van der Waals surface area contributed by atoms with Crippen LogP contribution in [0.4, 0.5) is 11.4 Å². The molecule has 1 aromatic heterocycles. The third-order valence-corrected chi connectivity index (χ3v) is 2.40. The first-order valence-corrected chi connectivity index (χ1v) is 4.83. The van der Waals surface area contributed by atoms with E-state index in [0.29, 0.717) is 0 Å². The van der Waals surface area contributed by atoms with Crippen molar-refractivity contribution in [2.24, 2.45) is 0 Å². The van der Waals surface area contributed by atoms with Crippen LogP contribution in [0, 0.1) is 0 Å². The summed E-state index contributed by atoms with van der Waals surface area (Å²) in [6.45, 7) is 3.71. The highest BCUT2D eigenvalue weighted by molar-refractivity contribution is 5.70. The largest absolute Gasteiger partial charge is 0.383 e. The summed E-state index contributed by atoms with van der Waals surface area (Å²) in [6.07, 6.45) is 3.69. The van der Waals surface area contributed by atoms with Gasteiger partial charge in [-0.1, -0.05) is 0 Å². The number of pyridine rings is 1. The van der Waals surface area contributed by atoms with Gasteiger partial charge >= 0.3 is 0 Å². The molecule has 0 aromatic carbocycles. The molecule has 0 amide bonds. The molecular weight excluding hydrogens is 178 g/mol. The van der Waals surface area contributed by atoms with E-state index >= 15 is 0 Å². The van der Waals surface area contributed by atoms with Crippen molar-refractivity contribution >= 4 is 11.4 Å². The second kappa shape index (κ2) is 4.28. The SMILES string of the molecule is COCCN1CCNc2cnccc21. The number of hydrogen-bond donors (Lipinski definition) is 1. The molecule has 0 saturated carbocycles. The van der Waals surface area contributed by atoms with E-state index in [9.17, 15) is 0 Å². The van der Waals surface area contributed by atoms with Gasteiger partial charge < -0.3 is 15.0 Å². The van der Waals surface area contributed by atoms with Crippen LogP contribution in [0.2, 0.25) is 0 Å². The highest BCUT2D eigenvalue weighted by atomic mass is 16.5. The van der Waals surface area contributed by atoms with Gasteiger partial charge in [-0.3, -0.25) is 4.98 Å². The Morgan fingerprint density at radius 1 is 1.64 bits per heavy atom. The van der Waals surface area contributed by atoms with E-state index in [1.807, 2.05) is 18.5 Å². The van der Waals surface area contributed by atoms with E-state index in [1.165, 1.54) is 5.69 Å². The molecule has 1 aromatic rings. The number of hydrogen-bond acceptors (Lipinski definition) is 4. The molecule has 4 nitrogen and oxygen atoms in total. The van der Waals surface area contributed by atoms with Gasteiger partial charge in [0.25, 0.3) is 0 Å². The van der Waals surface area contributed by atoms with E-state index in [4.69, 9.17) is 4.74 Å². The van der Waals surface area contributed by atoms with Gasteiger partial charge in [0.05, 0.1) is 24.2 Å². The van der Waals surface area contributed by atoms with Crippen LogP contribution in [-0.2, 0) is 4.74 Å². The van der Waals surface area contributed by atoms with Crippen molar-refractivity contribution in [2.75, 3.05) is 43.6 Å². The topological polar surface area (TPSA) is 37.4 Å². The lowest BCUT2D eigenvalue weighted by molar-refractivity contribution is 0.205. The molecule has 0 bridgehead atoms. The van der Waals surface area contributed by atoms with Gasteiger partial charge in [-0.25, -0.2) is 0 Å². The van der Waals surface area contributed by atoms with E-state index < -0.39 is 0 Å². The monoisotopic (exact) mass is 193 g/mol. The second-order valence-corrected chi connectivity index (χ2v) is 3.30. The normalized spacial score (nSPS) is 14.8. The molecule has 0 atom stereocenters. The Kier molecular flexibility index (Phi) is 2.84. The minimum absolute atomic E-state index is 0.766. The number of anilines is 2. The van der Waals surface area contributed by atoms with Crippen LogP contribution in [0.3, 0.4) is 0 Å². The molecule has 1 aliphatic rings. The maximum absolute atomic E-state index is 5.08. The van der Waals surface area contributed by atoms with Crippen LogP contribution in [0.15, 0.2) is 18.5 Å². The summed E-state index contributed by atoms with van der Waals surface area (Å²) >= 11 is 0. The summed E-state index contributed by atoms with van der Waals surface area (Å²) in [5.74, 6) is 0. The van der Waals surface area contributed by atoms with Crippen LogP contribution >= 0.6 is 0 Å². The third-order valence-electron chi connectivity index (χ3n) is 2.40. The average molecular weight is 193 g/mol. The summed E-state index contributed by atoms with van der Waals surface area (Å²) < 4.78 is 5.08. The summed E-state index contributed by atoms with van der Waals surface area (Å²) in [6, 6.07) is 2.04. The highest BCUT2D eigenvalue weighted by Gasteiger charge is 2.14. The predicted octanol–water partition coefficient (Wildman–Crippen LogP) is 0.960. The molecule has 0 fully saturated rings. The predicted molar refractivity (Wildman–Crippen MR) is 56.8 cm³/mol. The number of nitrogens with zero attached hydrogens (tertiary/aromatic N) is 2. The molecule has 0 unspecified atom stereocenters. The van der Waals surface area contributed by atoms with Crippen molar-refractivity contribution in [3.8, 4) is 0 Å². The van der Waals surface area contributed by atoms with Crippen molar-refractivity contribution in [3.05, 3.63) is 18.5 Å². The first-order chi connectivity index (χ1) is 6.92. The molecular formula is C10H15N3O.